The number of nitrogens with zero attached hydrogens (tertiary/aromatic N) is 11. The van der Waals surface area contributed by atoms with Gasteiger partial charge in [-0.1, -0.05) is 4.98 Å². The molecule has 6 aromatic heterocycles. The minimum Gasteiger partial charge on any atom is -0.387 e. The molecule has 40 nitrogen and oxygen atoms in total. The second-order valence-electron chi connectivity index (χ2n) is 19.4. The first-order valence-electron chi connectivity index (χ1n) is 24.4. The van der Waals surface area contributed by atoms with Crippen molar-refractivity contribution in [2.24, 2.45) is 13.0 Å². The number of fused-ring (bicyclic) bond motifs is 3. The zero-order valence-corrected chi connectivity index (χ0v) is 47.7. The summed E-state index contributed by atoms with van der Waals surface area (Å²) in [6, 6.07) is -0.176. The van der Waals surface area contributed by atoms with Gasteiger partial charge in [0.2, 0.25) is 23.6 Å². The highest BCUT2D eigenvalue weighted by molar-refractivity contribution is 7.66. The lowest BCUT2D eigenvalue weighted by Gasteiger charge is -2.26. The number of carbonyl (C=O) groups excluding carboxylic acids is 1. The molecule has 1 amide bonds. The number of rotatable bonds is 23. The van der Waals surface area contributed by atoms with Gasteiger partial charge in [0.25, 0.3) is 17.1 Å². The minimum absolute atomic E-state index is 0.00684. The average Bonchev–Trinajstić information content (AvgIpc) is 3.00. The van der Waals surface area contributed by atoms with Crippen LogP contribution in [0.15, 0.2) is 34.9 Å². The molecule has 3 saturated heterocycles. The topological polar surface area (TPSA) is 548 Å². The van der Waals surface area contributed by atoms with Crippen LogP contribution in [-0.2, 0) is 75.8 Å². The number of hydrogen-bond acceptors (Lipinski definition) is 29. The van der Waals surface area contributed by atoms with Crippen LogP contribution in [0.5, 0.6) is 0 Å². The molecule has 3 fully saturated rings. The number of methoxy groups -OCH3 is 1. The first-order chi connectivity index (χ1) is 38.9. The summed E-state index contributed by atoms with van der Waals surface area (Å²) in [7, 11) is -18.1. The van der Waals surface area contributed by atoms with E-state index < -0.39 is 148 Å². The fraction of sp³-hybridized carbons (Fsp3) is 0.590. The number of aromatic nitrogens is 12. The van der Waals surface area contributed by atoms with Crippen molar-refractivity contribution < 1.29 is 108 Å². The van der Waals surface area contributed by atoms with Gasteiger partial charge in [0.1, 0.15) is 54.6 Å². The van der Waals surface area contributed by atoms with Crippen LogP contribution in [0, 0.1) is 5.92 Å². The molecule has 6 aromatic rings. The second kappa shape index (κ2) is 23.7. The number of anilines is 3. The van der Waals surface area contributed by atoms with Crippen LogP contribution in [0.25, 0.3) is 33.5 Å². The number of carbonyl (C=O) groups is 1. The summed E-state index contributed by atoms with van der Waals surface area (Å²) in [5.74, 6) is -2.11. The van der Waals surface area contributed by atoms with E-state index in [0.29, 0.717) is 0 Å². The van der Waals surface area contributed by atoms with Gasteiger partial charge < -0.3 is 75.5 Å². The molecular weight excluding hydrogens is 1200 g/mol. The van der Waals surface area contributed by atoms with Gasteiger partial charge in [0, 0.05) is 39.6 Å². The molecule has 5 unspecified atom stereocenters. The molecule has 83 heavy (non-hydrogen) atoms. The lowest BCUT2D eigenvalue weighted by molar-refractivity contribution is -0.745. The van der Waals surface area contributed by atoms with Crippen molar-refractivity contribution in [3.05, 3.63) is 46.0 Å². The Morgan fingerprint density at radius 2 is 1.39 bits per heavy atom. The first kappa shape index (κ1) is 61.9. The van der Waals surface area contributed by atoms with E-state index in [9.17, 15) is 67.5 Å². The molecule has 0 saturated carbocycles. The van der Waals surface area contributed by atoms with E-state index >= 15 is 0 Å². The van der Waals surface area contributed by atoms with Crippen molar-refractivity contribution in [3.8, 4) is 0 Å². The number of nitrogen functional groups attached to an aromatic ring is 2. The predicted octanol–water partition coefficient (Wildman–Crippen LogP) is -2.74. The molecule has 0 bridgehead atoms. The van der Waals surface area contributed by atoms with Crippen LogP contribution in [0.2, 0.25) is 0 Å². The third-order valence-electron chi connectivity index (χ3n) is 13.1. The number of amides is 1. The highest BCUT2D eigenvalue weighted by atomic mass is 31.3. The Hall–Kier alpha value is -5.64. The van der Waals surface area contributed by atoms with Gasteiger partial charge in [-0.2, -0.15) is 13.6 Å². The molecular formula is C39H57N16O24P4+. The SMILES string of the molecule is CO[C@@H]1[C@H](OP(=O)(O)OC[C@H]2O[C@@H](n3cnc4c(=O)[nH]c(N)nc43)[C@H](O)[C@@H]2O)[C@@H](COP(=O)(O)OP(=O)(O)OP(=O)(O)OC[C@H]2OC([n+]3cn(C)c4c(=O)[nH]c(NC(C)C)nc43)[C@H](O)[C@@H]2CC(=O)N(C)C)O[C@H]1n1cnc2c(N)ncnc21. The maximum absolute atomic E-state index is 13.8. The van der Waals surface area contributed by atoms with Crippen LogP contribution in [0.4, 0.5) is 17.7 Å². The number of ether oxygens (including phenoxy) is 4. The Bertz CT molecular complexity index is 3730. The Balaban J connectivity index is 0.881. The molecule has 14 N–H and O–H groups in total. The molecule has 3 aliphatic heterocycles. The van der Waals surface area contributed by atoms with Crippen molar-refractivity contribution in [3.63, 3.8) is 0 Å². The molecule has 0 aliphatic carbocycles. The number of nitrogens with two attached hydrogens (primary N) is 2. The molecule has 0 radical (unpaired) electrons. The quantitative estimate of drug-likeness (QED) is 0.0229. The summed E-state index contributed by atoms with van der Waals surface area (Å²) in [6.45, 7) is 0.273. The molecule has 0 spiro atoms. The lowest BCUT2D eigenvalue weighted by Crippen LogP contribution is -2.45. The number of aryl methyl sites for hydroxylation is 1. The number of H-pyrrole nitrogens is 2. The standard InChI is InChI=1S/C39H56N16O24P4/c1-15(2)46-39-48-32-23(34(61)50-39)52(5)14-55(32)35-24(57)16(7-20(56)51(3)4)17(74-35)8-72-81(64,65)78-83(68,69)79-82(66,67)73-10-19-27(28(70-6)37(76-19)53-12-44-21-29(40)42-11-43-30(21)53)77-80(62,63)71-9-18-25(58)26(59)36(75-18)54-13-45-22-31(54)47-38(41)49-33(22)60/h11-19,24-28,35-37,57-59H,7-10H2,1-6H3,(H10-,40,41,42,43,46,47,48,49,50,60,61,62,63,64,65,66,67,68,69)/p+1/t16-,17-,18-,19-,24-,25-,26-,27-,28-,35?,36-,37-/m1/s1. The number of aromatic amines is 2. The fourth-order valence-electron chi connectivity index (χ4n) is 9.34. The largest absolute Gasteiger partial charge is 0.490 e. The maximum Gasteiger partial charge on any atom is 0.490 e. The molecule has 9 heterocycles. The molecule has 0 aromatic carbocycles. The number of hydrogen-bond donors (Lipinski definition) is 12. The lowest BCUT2D eigenvalue weighted by atomic mass is 9.94. The van der Waals surface area contributed by atoms with E-state index in [0.717, 1.165) is 30.7 Å². The van der Waals surface area contributed by atoms with Crippen LogP contribution in [-0.4, -0.2) is 195 Å². The maximum atomic E-state index is 13.8. The zero-order chi connectivity index (χ0) is 60.4. The second-order valence-corrected chi connectivity index (χ2v) is 25.4. The van der Waals surface area contributed by atoms with Crippen molar-refractivity contribution in [2.75, 3.05) is 57.8 Å². The first-order valence-corrected chi connectivity index (χ1v) is 30.4. The van der Waals surface area contributed by atoms with Crippen molar-refractivity contribution >= 4 is 88.4 Å². The van der Waals surface area contributed by atoms with E-state index in [1.165, 1.54) is 46.1 Å². The van der Waals surface area contributed by atoms with Gasteiger partial charge in [-0.15, -0.1) is 0 Å². The Morgan fingerprint density at radius 3 is 2.04 bits per heavy atom. The van der Waals surface area contributed by atoms with Crippen LogP contribution >= 0.6 is 31.3 Å². The predicted molar refractivity (Wildman–Crippen MR) is 274 cm³/mol. The summed E-state index contributed by atoms with van der Waals surface area (Å²) in [6.07, 6.45) is -13.8. The number of phosphoric ester groups is 3. The normalized spacial score (nSPS) is 28.7. The minimum atomic E-state index is -6.24. The number of aliphatic hydroxyl groups excluding tert-OH is 3. The Labute approximate surface area is 464 Å². The van der Waals surface area contributed by atoms with Gasteiger partial charge in [0.05, 0.1) is 45.6 Å². The summed E-state index contributed by atoms with van der Waals surface area (Å²) in [5.41, 5.74) is 10.1. The number of aliphatic hydroxyl groups is 3. The van der Waals surface area contributed by atoms with Gasteiger partial charge in [-0.25, -0.2) is 42.8 Å². The van der Waals surface area contributed by atoms with Crippen molar-refractivity contribution in [1.82, 2.24) is 58.5 Å². The van der Waals surface area contributed by atoms with E-state index in [1.54, 1.807) is 13.8 Å². The fourth-order valence-corrected chi connectivity index (χ4v) is 13.8. The number of nitrogens with one attached hydrogen (secondary N) is 3. The van der Waals surface area contributed by atoms with Gasteiger partial charge in [-0.3, -0.25) is 56.1 Å². The van der Waals surface area contributed by atoms with Gasteiger partial charge >= 0.3 is 36.9 Å². The molecule has 9 rings (SSSR count). The highest BCUT2D eigenvalue weighted by Gasteiger charge is 2.54. The summed E-state index contributed by atoms with van der Waals surface area (Å²) in [4.78, 5) is 112. The summed E-state index contributed by atoms with van der Waals surface area (Å²) < 4.78 is 111. The van der Waals surface area contributed by atoms with Crippen molar-refractivity contribution in [1.29, 1.82) is 0 Å². The van der Waals surface area contributed by atoms with E-state index in [1.807, 2.05) is 0 Å². The summed E-state index contributed by atoms with van der Waals surface area (Å²) >= 11 is 0. The smallest absolute Gasteiger partial charge is 0.387 e. The van der Waals surface area contributed by atoms with E-state index in [-0.39, 0.29) is 57.2 Å². The van der Waals surface area contributed by atoms with E-state index in [2.05, 4.69) is 53.8 Å². The number of imidazole rings is 3. The van der Waals surface area contributed by atoms with Crippen LogP contribution in [0.1, 0.15) is 39.0 Å². The van der Waals surface area contributed by atoms with E-state index in [4.69, 9.17) is 48.5 Å². The van der Waals surface area contributed by atoms with Gasteiger partial charge in [0.15, 0.2) is 41.4 Å². The molecule has 16 atom stereocenters. The average molecular weight is 1260 g/mol. The summed E-state index contributed by atoms with van der Waals surface area (Å²) in [5, 5.41) is 36.4. The zero-order valence-electron chi connectivity index (χ0n) is 44.1. The molecule has 3 aliphatic rings. The Kier molecular flexibility index (Phi) is 17.7. The van der Waals surface area contributed by atoms with Crippen molar-refractivity contribution in [2.45, 2.75) is 93.8 Å². The third-order valence-corrected chi connectivity index (χ3v) is 18.3. The molecule has 456 valence electrons. The van der Waals surface area contributed by atoms with Crippen LogP contribution < -0.4 is 32.5 Å². The number of phosphoric acid groups is 4. The molecule has 44 heteroatoms. The monoisotopic (exact) mass is 1260 g/mol. The third kappa shape index (κ3) is 13.1. The highest BCUT2D eigenvalue weighted by Crippen LogP contribution is 2.68. The van der Waals surface area contributed by atoms with Gasteiger partial charge in [-0.05, 0) is 13.8 Å². The Morgan fingerprint density at radius 1 is 0.771 bits per heavy atom. The van der Waals surface area contributed by atoms with Crippen LogP contribution in [0.3, 0.4) is 0 Å².